The van der Waals surface area contributed by atoms with Crippen LogP contribution in [0.4, 0.5) is 11.4 Å². The molecule has 0 aliphatic carbocycles. The van der Waals surface area contributed by atoms with E-state index in [1.54, 1.807) is 48.5 Å². The third-order valence-electron chi connectivity index (χ3n) is 5.44. The molecule has 0 saturated heterocycles. The Hall–Kier alpha value is -4.66. The molecule has 0 saturated carbocycles. The number of hydrogen-bond donors (Lipinski definition) is 3. The van der Waals surface area contributed by atoms with Crippen LogP contribution >= 0.6 is 0 Å². The van der Waals surface area contributed by atoms with E-state index in [9.17, 15) is 19.2 Å². The molecule has 184 valence electrons. The van der Waals surface area contributed by atoms with E-state index in [4.69, 9.17) is 9.47 Å². The third-order valence-corrected chi connectivity index (χ3v) is 5.44. The Labute approximate surface area is 207 Å². The maximum absolute atomic E-state index is 12.7. The molecular formula is C27H25N3O6. The van der Waals surface area contributed by atoms with Gasteiger partial charge in [-0.05, 0) is 36.8 Å². The van der Waals surface area contributed by atoms with Gasteiger partial charge in [-0.3, -0.25) is 19.2 Å². The van der Waals surface area contributed by atoms with E-state index in [0.29, 0.717) is 18.0 Å². The maximum Gasteiger partial charge on any atom is 0.310 e. The number of aryl methyl sites for hydroxylation is 1. The van der Waals surface area contributed by atoms with E-state index in [2.05, 4.69) is 16.0 Å². The molecule has 3 aromatic carbocycles. The quantitative estimate of drug-likeness (QED) is 0.420. The van der Waals surface area contributed by atoms with Gasteiger partial charge >= 0.3 is 5.97 Å². The zero-order valence-electron chi connectivity index (χ0n) is 19.6. The molecule has 3 amide bonds. The first kappa shape index (κ1) is 24.5. The number of carbonyl (C=O) groups is 4. The van der Waals surface area contributed by atoms with Gasteiger partial charge < -0.3 is 25.4 Å². The fraction of sp³-hybridized carbons (Fsp3) is 0.185. The summed E-state index contributed by atoms with van der Waals surface area (Å²) >= 11 is 0. The second-order valence-electron chi connectivity index (χ2n) is 8.22. The fourth-order valence-corrected chi connectivity index (χ4v) is 3.54. The summed E-state index contributed by atoms with van der Waals surface area (Å²) in [5.41, 5.74) is 3.15. The fourth-order valence-electron chi connectivity index (χ4n) is 3.54. The monoisotopic (exact) mass is 487 g/mol. The van der Waals surface area contributed by atoms with Gasteiger partial charge in [0.2, 0.25) is 0 Å². The minimum atomic E-state index is -1.06. The first-order chi connectivity index (χ1) is 17.4. The standard InChI is InChI=1S/C27H25N3O6/c1-17-10-12-18(13-11-17)15-28-26(33)19-6-2-3-7-20(19)29-24(31)16-35-25(32)14-23-27(34)30-21-8-4-5-9-22(21)36-23/h2-13,23H,14-16H2,1H3,(H,28,33)(H,29,31)(H,30,34). The highest BCUT2D eigenvalue weighted by molar-refractivity contribution is 6.04. The first-order valence-electron chi connectivity index (χ1n) is 11.3. The predicted octanol–water partition coefficient (Wildman–Crippen LogP) is 3.20. The molecule has 1 heterocycles. The Bertz CT molecular complexity index is 1290. The Morgan fingerprint density at radius 1 is 0.972 bits per heavy atom. The Morgan fingerprint density at radius 3 is 2.50 bits per heavy atom. The van der Waals surface area contributed by atoms with Crippen LogP contribution in [0.5, 0.6) is 5.75 Å². The number of hydrogen-bond acceptors (Lipinski definition) is 6. The summed E-state index contributed by atoms with van der Waals surface area (Å²) in [4.78, 5) is 49.5. The number of ether oxygens (including phenoxy) is 2. The van der Waals surface area contributed by atoms with Gasteiger partial charge in [0.25, 0.3) is 17.7 Å². The molecule has 0 bridgehead atoms. The number of amides is 3. The average Bonchev–Trinajstić information content (AvgIpc) is 2.88. The summed E-state index contributed by atoms with van der Waals surface area (Å²) in [7, 11) is 0. The van der Waals surface area contributed by atoms with Crippen molar-refractivity contribution in [3.63, 3.8) is 0 Å². The van der Waals surface area contributed by atoms with Crippen LogP contribution in [0.3, 0.4) is 0 Å². The Balaban J connectivity index is 1.27. The molecule has 0 fully saturated rings. The molecule has 1 unspecified atom stereocenters. The summed E-state index contributed by atoms with van der Waals surface area (Å²) in [5, 5.41) is 8.08. The summed E-state index contributed by atoms with van der Waals surface area (Å²) in [6.45, 7) is 1.74. The van der Waals surface area contributed by atoms with Crippen molar-refractivity contribution in [1.29, 1.82) is 0 Å². The second-order valence-corrected chi connectivity index (χ2v) is 8.22. The summed E-state index contributed by atoms with van der Waals surface area (Å²) in [6, 6.07) is 21.2. The number of rotatable bonds is 8. The summed E-state index contributed by atoms with van der Waals surface area (Å²) in [5.74, 6) is -1.77. The lowest BCUT2D eigenvalue weighted by Crippen LogP contribution is -2.39. The van der Waals surface area contributed by atoms with Crippen molar-refractivity contribution in [3.8, 4) is 5.75 Å². The molecule has 1 atom stereocenters. The molecule has 0 radical (unpaired) electrons. The number of para-hydroxylation sites is 3. The molecular weight excluding hydrogens is 462 g/mol. The SMILES string of the molecule is Cc1ccc(CNC(=O)c2ccccc2NC(=O)COC(=O)CC2Oc3ccccc3NC2=O)cc1. The number of carbonyl (C=O) groups excluding carboxylic acids is 4. The zero-order chi connectivity index (χ0) is 25.5. The molecule has 0 aromatic heterocycles. The van der Waals surface area contributed by atoms with Crippen LogP contribution < -0.4 is 20.7 Å². The molecule has 9 nitrogen and oxygen atoms in total. The number of esters is 1. The predicted molar refractivity (Wildman–Crippen MR) is 132 cm³/mol. The molecule has 9 heteroatoms. The van der Waals surface area contributed by atoms with Gasteiger partial charge in [0.05, 0.1) is 23.4 Å². The number of nitrogens with one attached hydrogen (secondary N) is 3. The van der Waals surface area contributed by atoms with Gasteiger partial charge in [0, 0.05) is 6.54 Å². The van der Waals surface area contributed by atoms with Gasteiger partial charge in [0.1, 0.15) is 5.75 Å². The minimum Gasteiger partial charge on any atom is -0.478 e. The van der Waals surface area contributed by atoms with Crippen LogP contribution in [-0.4, -0.2) is 36.4 Å². The van der Waals surface area contributed by atoms with Crippen LogP contribution in [0.15, 0.2) is 72.8 Å². The molecule has 3 N–H and O–H groups in total. The van der Waals surface area contributed by atoms with E-state index in [0.717, 1.165) is 11.1 Å². The summed E-state index contributed by atoms with van der Waals surface area (Å²) < 4.78 is 10.6. The normalized spacial score (nSPS) is 14.0. The van der Waals surface area contributed by atoms with E-state index >= 15 is 0 Å². The highest BCUT2D eigenvalue weighted by Crippen LogP contribution is 2.29. The summed E-state index contributed by atoms with van der Waals surface area (Å²) in [6.07, 6.45) is -1.42. The second kappa shape index (κ2) is 11.2. The molecule has 36 heavy (non-hydrogen) atoms. The highest BCUT2D eigenvalue weighted by atomic mass is 16.5. The molecule has 3 aromatic rings. The maximum atomic E-state index is 12.7. The smallest absolute Gasteiger partial charge is 0.310 e. The van der Waals surface area contributed by atoms with Crippen LogP contribution in [0.2, 0.25) is 0 Å². The first-order valence-corrected chi connectivity index (χ1v) is 11.3. The lowest BCUT2D eigenvalue weighted by Gasteiger charge is -2.25. The number of benzene rings is 3. The van der Waals surface area contributed by atoms with Crippen molar-refractivity contribution < 1.29 is 28.7 Å². The van der Waals surface area contributed by atoms with E-state index < -0.39 is 30.5 Å². The van der Waals surface area contributed by atoms with Crippen molar-refractivity contribution in [1.82, 2.24) is 5.32 Å². The zero-order valence-corrected chi connectivity index (χ0v) is 19.6. The van der Waals surface area contributed by atoms with Crippen LogP contribution in [-0.2, 0) is 25.7 Å². The Morgan fingerprint density at radius 2 is 1.69 bits per heavy atom. The van der Waals surface area contributed by atoms with Crippen molar-refractivity contribution in [2.45, 2.75) is 26.0 Å². The van der Waals surface area contributed by atoms with Crippen molar-refractivity contribution in [2.75, 3.05) is 17.2 Å². The molecule has 0 spiro atoms. The van der Waals surface area contributed by atoms with Crippen molar-refractivity contribution >= 4 is 35.1 Å². The Kier molecular flexibility index (Phi) is 7.60. The van der Waals surface area contributed by atoms with Gasteiger partial charge in [-0.1, -0.05) is 54.1 Å². The lowest BCUT2D eigenvalue weighted by molar-refractivity contribution is -0.150. The molecule has 4 rings (SSSR count). The van der Waals surface area contributed by atoms with Crippen molar-refractivity contribution in [2.24, 2.45) is 0 Å². The van der Waals surface area contributed by atoms with Crippen LogP contribution in [0.1, 0.15) is 27.9 Å². The van der Waals surface area contributed by atoms with Gasteiger partial charge in [-0.15, -0.1) is 0 Å². The van der Waals surface area contributed by atoms with Gasteiger partial charge in [0.15, 0.2) is 12.7 Å². The average molecular weight is 488 g/mol. The van der Waals surface area contributed by atoms with Gasteiger partial charge in [-0.2, -0.15) is 0 Å². The lowest BCUT2D eigenvalue weighted by atomic mass is 10.1. The van der Waals surface area contributed by atoms with E-state index in [1.165, 1.54) is 0 Å². The molecule has 1 aliphatic heterocycles. The highest BCUT2D eigenvalue weighted by Gasteiger charge is 2.30. The number of fused-ring (bicyclic) bond motifs is 1. The van der Waals surface area contributed by atoms with Crippen molar-refractivity contribution in [3.05, 3.63) is 89.5 Å². The third kappa shape index (κ3) is 6.26. The van der Waals surface area contributed by atoms with Crippen LogP contribution in [0.25, 0.3) is 0 Å². The van der Waals surface area contributed by atoms with E-state index in [-0.39, 0.29) is 23.6 Å². The minimum absolute atomic E-state index is 0.273. The van der Waals surface area contributed by atoms with Crippen LogP contribution in [0, 0.1) is 6.92 Å². The topological polar surface area (TPSA) is 123 Å². The van der Waals surface area contributed by atoms with E-state index in [1.807, 2.05) is 31.2 Å². The largest absolute Gasteiger partial charge is 0.478 e. The van der Waals surface area contributed by atoms with Gasteiger partial charge in [-0.25, -0.2) is 0 Å². The molecule has 1 aliphatic rings. The number of anilines is 2.